The molecule has 20 heavy (non-hydrogen) atoms. The van der Waals surface area contributed by atoms with Gasteiger partial charge in [0.15, 0.2) is 0 Å². The molecule has 0 saturated carbocycles. The number of hydrogen-bond donors (Lipinski definition) is 1. The number of carbonyl (C=O) groups excluding carboxylic acids is 1. The summed E-state index contributed by atoms with van der Waals surface area (Å²) in [6, 6.07) is 5.67. The third kappa shape index (κ3) is 6.30. The molecule has 0 aliphatic heterocycles. The highest BCUT2D eigenvalue weighted by molar-refractivity contribution is 7.99. The van der Waals surface area contributed by atoms with E-state index in [1.807, 2.05) is 12.1 Å². The van der Waals surface area contributed by atoms with Gasteiger partial charge in [-0.25, -0.2) is 0 Å². The quantitative estimate of drug-likeness (QED) is 0.589. The number of benzene rings is 1. The van der Waals surface area contributed by atoms with E-state index >= 15 is 0 Å². The van der Waals surface area contributed by atoms with E-state index in [2.05, 4.69) is 24.7 Å². The summed E-state index contributed by atoms with van der Waals surface area (Å²) >= 11 is 1.72. The van der Waals surface area contributed by atoms with Crippen LogP contribution in [0.1, 0.15) is 17.5 Å². The van der Waals surface area contributed by atoms with Crippen molar-refractivity contribution in [1.82, 2.24) is 0 Å². The lowest BCUT2D eigenvalue weighted by Gasteiger charge is -2.10. The molecule has 0 aliphatic rings. The maximum Gasteiger partial charge on any atom is 0.322 e. The SMILES string of the molecule is COC(=O)C(N)CCSCCOc1cc(C)cc(C)c1. The van der Waals surface area contributed by atoms with Crippen LogP contribution in [0.5, 0.6) is 5.75 Å². The monoisotopic (exact) mass is 297 g/mol. The normalized spacial score (nSPS) is 12.0. The Morgan fingerprint density at radius 3 is 2.50 bits per heavy atom. The predicted molar refractivity (Wildman–Crippen MR) is 83.3 cm³/mol. The predicted octanol–water partition coefficient (Wildman–Crippen LogP) is 2.31. The van der Waals surface area contributed by atoms with Gasteiger partial charge in [-0.1, -0.05) is 6.07 Å². The first-order valence-electron chi connectivity index (χ1n) is 6.65. The maximum absolute atomic E-state index is 11.1. The van der Waals surface area contributed by atoms with Crippen molar-refractivity contribution in [2.24, 2.45) is 5.73 Å². The van der Waals surface area contributed by atoms with E-state index in [1.165, 1.54) is 18.2 Å². The summed E-state index contributed by atoms with van der Waals surface area (Å²) in [5, 5.41) is 0. The van der Waals surface area contributed by atoms with E-state index in [0.29, 0.717) is 13.0 Å². The molecule has 5 heteroatoms. The summed E-state index contributed by atoms with van der Waals surface area (Å²) in [6.07, 6.45) is 0.626. The molecule has 1 rings (SSSR count). The smallest absolute Gasteiger partial charge is 0.322 e. The minimum atomic E-state index is -0.521. The average molecular weight is 297 g/mol. The first-order chi connectivity index (χ1) is 9.52. The van der Waals surface area contributed by atoms with Crippen molar-refractivity contribution >= 4 is 17.7 Å². The molecule has 0 radical (unpaired) electrons. The van der Waals surface area contributed by atoms with Crippen LogP contribution in [0.3, 0.4) is 0 Å². The van der Waals surface area contributed by atoms with E-state index in [0.717, 1.165) is 17.3 Å². The van der Waals surface area contributed by atoms with Crippen LogP contribution >= 0.6 is 11.8 Å². The van der Waals surface area contributed by atoms with Crippen LogP contribution in [0.2, 0.25) is 0 Å². The van der Waals surface area contributed by atoms with Gasteiger partial charge >= 0.3 is 5.97 Å². The molecule has 1 unspecified atom stereocenters. The van der Waals surface area contributed by atoms with Crippen molar-refractivity contribution in [3.8, 4) is 5.75 Å². The molecule has 0 amide bonds. The summed E-state index contributed by atoms with van der Waals surface area (Å²) < 4.78 is 10.3. The number of thioether (sulfide) groups is 1. The summed E-state index contributed by atoms with van der Waals surface area (Å²) in [5.74, 6) is 2.26. The second-order valence-corrected chi connectivity index (χ2v) is 5.93. The molecule has 0 spiro atoms. The average Bonchev–Trinajstić information content (AvgIpc) is 2.40. The van der Waals surface area contributed by atoms with Gasteiger partial charge in [0.25, 0.3) is 0 Å². The molecule has 0 saturated heterocycles. The molecule has 0 aromatic heterocycles. The first-order valence-corrected chi connectivity index (χ1v) is 7.80. The zero-order valence-electron chi connectivity index (χ0n) is 12.3. The van der Waals surface area contributed by atoms with E-state index in [4.69, 9.17) is 10.5 Å². The molecule has 4 nitrogen and oxygen atoms in total. The van der Waals surface area contributed by atoms with Gasteiger partial charge in [-0.2, -0.15) is 11.8 Å². The van der Waals surface area contributed by atoms with Gasteiger partial charge < -0.3 is 15.2 Å². The van der Waals surface area contributed by atoms with Crippen LogP contribution in [0.25, 0.3) is 0 Å². The molecule has 1 aromatic rings. The van der Waals surface area contributed by atoms with E-state index in [9.17, 15) is 4.79 Å². The van der Waals surface area contributed by atoms with Crippen LogP contribution in [-0.2, 0) is 9.53 Å². The lowest BCUT2D eigenvalue weighted by Crippen LogP contribution is -2.32. The lowest BCUT2D eigenvalue weighted by molar-refractivity contribution is -0.142. The fraction of sp³-hybridized carbons (Fsp3) is 0.533. The molecular weight excluding hydrogens is 274 g/mol. The molecule has 0 bridgehead atoms. The summed E-state index contributed by atoms with van der Waals surface area (Å²) in [7, 11) is 1.35. The van der Waals surface area contributed by atoms with Crippen molar-refractivity contribution < 1.29 is 14.3 Å². The van der Waals surface area contributed by atoms with E-state index in [1.54, 1.807) is 11.8 Å². The number of methoxy groups -OCH3 is 1. The van der Waals surface area contributed by atoms with Crippen molar-refractivity contribution in [2.75, 3.05) is 25.2 Å². The number of ether oxygens (including phenoxy) is 2. The third-order valence-electron chi connectivity index (χ3n) is 2.77. The van der Waals surface area contributed by atoms with Gasteiger partial charge in [0.1, 0.15) is 11.8 Å². The maximum atomic E-state index is 11.1. The van der Waals surface area contributed by atoms with Gasteiger partial charge in [-0.15, -0.1) is 0 Å². The Labute approximate surface area is 125 Å². The zero-order chi connectivity index (χ0) is 15.0. The molecule has 0 heterocycles. The van der Waals surface area contributed by atoms with E-state index in [-0.39, 0.29) is 5.97 Å². The molecule has 0 fully saturated rings. The highest BCUT2D eigenvalue weighted by Crippen LogP contribution is 2.16. The number of esters is 1. The Balaban J connectivity index is 2.14. The van der Waals surface area contributed by atoms with Crippen LogP contribution in [0.4, 0.5) is 0 Å². The Hall–Kier alpha value is -1.20. The molecule has 1 aromatic carbocycles. The highest BCUT2D eigenvalue weighted by atomic mass is 32.2. The lowest BCUT2D eigenvalue weighted by atomic mass is 10.1. The van der Waals surface area contributed by atoms with Crippen LogP contribution in [-0.4, -0.2) is 37.2 Å². The Morgan fingerprint density at radius 2 is 1.90 bits per heavy atom. The Morgan fingerprint density at radius 1 is 1.25 bits per heavy atom. The summed E-state index contributed by atoms with van der Waals surface area (Å²) in [5.41, 5.74) is 8.06. The summed E-state index contributed by atoms with van der Waals surface area (Å²) in [4.78, 5) is 11.1. The van der Waals surface area contributed by atoms with Gasteiger partial charge in [0, 0.05) is 5.75 Å². The van der Waals surface area contributed by atoms with Gasteiger partial charge in [-0.3, -0.25) is 4.79 Å². The second-order valence-electron chi connectivity index (χ2n) is 4.70. The van der Waals surface area contributed by atoms with Gasteiger partial charge in [-0.05, 0) is 49.3 Å². The van der Waals surface area contributed by atoms with Crippen LogP contribution < -0.4 is 10.5 Å². The highest BCUT2D eigenvalue weighted by Gasteiger charge is 2.12. The number of rotatable bonds is 8. The largest absolute Gasteiger partial charge is 0.493 e. The van der Waals surface area contributed by atoms with Crippen molar-refractivity contribution in [1.29, 1.82) is 0 Å². The van der Waals surface area contributed by atoms with Gasteiger partial charge in [0.2, 0.25) is 0 Å². The van der Waals surface area contributed by atoms with Crippen molar-refractivity contribution in [3.63, 3.8) is 0 Å². The minimum absolute atomic E-state index is 0.350. The number of aryl methyl sites for hydroxylation is 2. The Kier molecular flexibility index (Phi) is 7.47. The molecule has 2 N–H and O–H groups in total. The molecule has 1 atom stereocenters. The minimum Gasteiger partial charge on any atom is -0.493 e. The topological polar surface area (TPSA) is 61.5 Å². The molecule has 0 aliphatic carbocycles. The fourth-order valence-corrected chi connectivity index (χ4v) is 2.64. The van der Waals surface area contributed by atoms with Crippen molar-refractivity contribution in [3.05, 3.63) is 29.3 Å². The standard InChI is InChI=1S/C15H23NO3S/c1-11-8-12(2)10-13(9-11)19-5-7-20-6-4-14(16)15(17)18-3/h8-10,14H,4-7,16H2,1-3H3. The second kappa shape index (κ2) is 8.87. The fourth-order valence-electron chi connectivity index (χ4n) is 1.82. The zero-order valence-corrected chi connectivity index (χ0v) is 13.2. The first kappa shape index (κ1) is 16.9. The Bertz CT molecular complexity index is 417. The molecular formula is C15H23NO3S. The number of nitrogens with two attached hydrogens (primary N) is 1. The summed E-state index contributed by atoms with van der Waals surface area (Å²) in [6.45, 7) is 4.77. The third-order valence-corrected chi connectivity index (χ3v) is 3.75. The van der Waals surface area contributed by atoms with E-state index < -0.39 is 6.04 Å². The van der Waals surface area contributed by atoms with Gasteiger partial charge in [0.05, 0.1) is 13.7 Å². The molecule has 112 valence electrons. The van der Waals surface area contributed by atoms with Crippen LogP contribution in [0.15, 0.2) is 18.2 Å². The van der Waals surface area contributed by atoms with Crippen LogP contribution in [0, 0.1) is 13.8 Å². The number of hydrogen-bond acceptors (Lipinski definition) is 5. The van der Waals surface area contributed by atoms with Crippen molar-refractivity contribution in [2.45, 2.75) is 26.3 Å². The number of carbonyl (C=O) groups is 1.